The first kappa shape index (κ1) is 20.6. The van der Waals surface area contributed by atoms with Crippen LogP contribution in [0.15, 0.2) is 42.5 Å². The van der Waals surface area contributed by atoms with Crippen molar-refractivity contribution in [2.24, 2.45) is 0 Å². The summed E-state index contributed by atoms with van der Waals surface area (Å²) < 4.78 is 0. The summed E-state index contributed by atoms with van der Waals surface area (Å²) >= 11 is 0. The van der Waals surface area contributed by atoms with E-state index in [0.29, 0.717) is 0 Å². The summed E-state index contributed by atoms with van der Waals surface area (Å²) in [4.78, 5) is 39.0. The van der Waals surface area contributed by atoms with Crippen LogP contribution < -0.4 is 10.6 Å². The minimum absolute atomic E-state index is 0.231. The summed E-state index contributed by atoms with van der Waals surface area (Å²) in [5.74, 6) is -0.806. The van der Waals surface area contributed by atoms with Crippen molar-refractivity contribution in [1.82, 2.24) is 15.5 Å². The summed E-state index contributed by atoms with van der Waals surface area (Å²) in [6.45, 7) is 9.18. The van der Waals surface area contributed by atoms with Gasteiger partial charge in [0, 0.05) is 0 Å². The van der Waals surface area contributed by atoms with Crippen LogP contribution in [-0.4, -0.2) is 29.3 Å². The van der Waals surface area contributed by atoms with E-state index in [-0.39, 0.29) is 18.5 Å². The maximum atomic E-state index is 13.0. The maximum Gasteiger partial charge on any atom is 0.325 e. The van der Waals surface area contributed by atoms with E-state index in [9.17, 15) is 14.4 Å². The van der Waals surface area contributed by atoms with Gasteiger partial charge in [-0.3, -0.25) is 14.5 Å². The lowest BCUT2D eigenvalue weighted by Gasteiger charge is -2.24. The SMILES string of the molecule is Cc1ccc(C(C)NC(=O)CN2C(=O)NC(C)(c3ccccc3C)C2=O)cc1C. The van der Waals surface area contributed by atoms with Crippen molar-refractivity contribution in [3.05, 3.63) is 70.3 Å². The molecule has 1 aliphatic heterocycles. The number of imide groups is 1. The third kappa shape index (κ3) is 3.88. The van der Waals surface area contributed by atoms with Gasteiger partial charge in [-0.15, -0.1) is 0 Å². The standard InChI is InChI=1S/C23H27N3O3/c1-14-10-11-18(12-16(14)3)17(4)24-20(27)13-26-21(28)23(5,25-22(26)29)19-9-7-6-8-15(19)2/h6-12,17H,13H2,1-5H3,(H,24,27)(H,25,29). The van der Waals surface area contributed by atoms with Crippen molar-refractivity contribution in [3.63, 3.8) is 0 Å². The Morgan fingerprint density at radius 1 is 1.07 bits per heavy atom. The number of hydrogen-bond acceptors (Lipinski definition) is 3. The molecule has 152 valence electrons. The average molecular weight is 393 g/mol. The van der Waals surface area contributed by atoms with Gasteiger partial charge in [0.1, 0.15) is 12.1 Å². The van der Waals surface area contributed by atoms with E-state index in [4.69, 9.17) is 0 Å². The van der Waals surface area contributed by atoms with Crippen LogP contribution in [0, 0.1) is 20.8 Å². The van der Waals surface area contributed by atoms with Crippen molar-refractivity contribution in [2.75, 3.05) is 6.54 Å². The molecule has 0 aromatic heterocycles. The molecule has 29 heavy (non-hydrogen) atoms. The Balaban J connectivity index is 1.72. The van der Waals surface area contributed by atoms with E-state index >= 15 is 0 Å². The predicted octanol–water partition coefficient (Wildman–Crippen LogP) is 3.26. The third-order valence-electron chi connectivity index (χ3n) is 5.67. The number of nitrogens with zero attached hydrogens (tertiary/aromatic N) is 1. The Bertz CT molecular complexity index is 985. The summed E-state index contributed by atoms with van der Waals surface area (Å²) in [6.07, 6.45) is 0. The predicted molar refractivity (Wildman–Crippen MR) is 111 cm³/mol. The minimum atomic E-state index is -1.18. The molecule has 3 rings (SSSR count). The highest BCUT2D eigenvalue weighted by molar-refractivity contribution is 6.09. The highest BCUT2D eigenvalue weighted by Gasteiger charge is 2.50. The topological polar surface area (TPSA) is 78.5 Å². The lowest BCUT2D eigenvalue weighted by Crippen LogP contribution is -2.43. The van der Waals surface area contributed by atoms with Crippen LogP contribution in [0.4, 0.5) is 4.79 Å². The Labute approximate surface area is 171 Å². The molecule has 2 atom stereocenters. The monoisotopic (exact) mass is 393 g/mol. The van der Waals surface area contributed by atoms with Gasteiger partial charge < -0.3 is 10.6 Å². The lowest BCUT2D eigenvalue weighted by atomic mass is 9.88. The van der Waals surface area contributed by atoms with Crippen molar-refractivity contribution in [1.29, 1.82) is 0 Å². The van der Waals surface area contributed by atoms with Gasteiger partial charge in [-0.25, -0.2) is 4.79 Å². The van der Waals surface area contributed by atoms with Gasteiger partial charge in [0.15, 0.2) is 0 Å². The molecule has 6 nitrogen and oxygen atoms in total. The van der Waals surface area contributed by atoms with Crippen LogP contribution in [0.2, 0.25) is 0 Å². The average Bonchev–Trinajstić information content (AvgIpc) is 2.88. The summed E-state index contributed by atoms with van der Waals surface area (Å²) in [7, 11) is 0. The number of urea groups is 1. The van der Waals surface area contributed by atoms with Crippen molar-refractivity contribution < 1.29 is 14.4 Å². The molecule has 2 N–H and O–H groups in total. The second-order valence-corrected chi connectivity index (χ2v) is 7.89. The van der Waals surface area contributed by atoms with Gasteiger partial charge in [-0.05, 0) is 62.4 Å². The molecule has 6 heteroatoms. The molecule has 2 aromatic rings. The normalized spacial score (nSPS) is 19.8. The highest BCUT2D eigenvalue weighted by Crippen LogP contribution is 2.30. The van der Waals surface area contributed by atoms with Crippen molar-refractivity contribution in [2.45, 2.75) is 46.2 Å². The molecule has 1 saturated heterocycles. The molecule has 2 unspecified atom stereocenters. The first-order valence-corrected chi connectivity index (χ1v) is 9.70. The van der Waals surface area contributed by atoms with Gasteiger partial charge in [0.05, 0.1) is 6.04 Å². The number of hydrogen-bond donors (Lipinski definition) is 2. The van der Waals surface area contributed by atoms with E-state index in [1.165, 1.54) is 5.56 Å². The fourth-order valence-electron chi connectivity index (χ4n) is 3.71. The van der Waals surface area contributed by atoms with Crippen molar-refractivity contribution in [3.8, 4) is 0 Å². The fourth-order valence-corrected chi connectivity index (χ4v) is 3.71. The van der Waals surface area contributed by atoms with Gasteiger partial charge in [-0.1, -0.05) is 42.5 Å². The zero-order valence-corrected chi connectivity index (χ0v) is 17.5. The molecule has 0 bridgehead atoms. The Morgan fingerprint density at radius 2 is 1.76 bits per heavy atom. The number of benzene rings is 2. The van der Waals surface area contributed by atoms with E-state index in [2.05, 4.69) is 10.6 Å². The quantitative estimate of drug-likeness (QED) is 0.766. The lowest BCUT2D eigenvalue weighted by molar-refractivity contribution is -0.135. The number of carbonyl (C=O) groups excluding carboxylic acids is 3. The molecule has 1 fully saturated rings. The van der Waals surface area contributed by atoms with E-state index in [1.54, 1.807) is 6.92 Å². The molecule has 0 aliphatic carbocycles. The Morgan fingerprint density at radius 3 is 2.41 bits per heavy atom. The second-order valence-electron chi connectivity index (χ2n) is 7.89. The number of nitrogens with one attached hydrogen (secondary N) is 2. The fraction of sp³-hybridized carbons (Fsp3) is 0.348. The number of aryl methyl sites for hydroxylation is 3. The molecule has 2 aromatic carbocycles. The van der Waals surface area contributed by atoms with Crippen LogP contribution in [-0.2, 0) is 15.1 Å². The summed E-state index contributed by atoms with van der Waals surface area (Å²) in [6, 6.07) is 12.6. The van der Waals surface area contributed by atoms with Gasteiger partial charge in [0.2, 0.25) is 5.91 Å². The largest absolute Gasteiger partial charge is 0.348 e. The van der Waals surface area contributed by atoms with E-state index in [0.717, 1.165) is 27.2 Å². The van der Waals surface area contributed by atoms with Crippen LogP contribution in [0.25, 0.3) is 0 Å². The van der Waals surface area contributed by atoms with Crippen molar-refractivity contribution >= 4 is 17.8 Å². The van der Waals surface area contributed by atoms with Crippen LogP contribution in [0.1, 0.15) is 47.7 Å². The minimum Gasteiger partial charge on any atom is -0.348 e. The number of carbonyl (C=O) groups is 3. The van der Waals surface area contributed by atoms with Gasteiger partial charge >= 0.3 is 6.03 Å². The molecule has 0 radical (unpaired) electrons. The number of amides is 4. The highest BCUT2D eigenvalue weighted by atomic mass is 16.2. The number of rotatable bonds is 5. The first-order chi connectivity index (χ1) is 13.6. The maximum absolute atomic E-state index is 13.0. The zero-order chi connectivity index (χ0) is 21.3. The van der Waals surface area contributed by atoms with Crippen LogP contribution >= 0.6 is 0 Å². The van der Waals surface area contributed by atoms with Gasteiger partial charge in [0.25, 0.3) is 5.91 Å². The Hall–Kier alpha value is -3.15. The zero-order valence-electron chi connectivity index (χ0n) is 17.5. The smallest absolute Gasteiger partial charge is 0.325 e. The molecule has 1 aliphatic rings. The van der Waals surface area contributed by atoms with Crippen LogP contribution in [0.3, 0.4) is 0 Å². The molecule has 0 spiro atoms. The van der Waals surface area contributed by atoms with Gasteiger partial charge in [-0.2, -0.15) is 0 Å². The molecule has 1 heterocycles. The third-order valence-corrected chi connectivity index (χ3v) is 5.67. The summed E-state index contributed by atoms with van der Waals surface area (Å²) in [5.41, 5.74) is 3.75. The van der Waals surface area contributed by atoms with E-state index < -0.39 is 17.5 Å². The van der Waals surface area contributed by atoms with Crippen LogP contribution in [0.5, 0.6) is 0 Å². The molecule has 4 amide bonds. The van der Waals surface area contributed by atoms with E-state index in [1.807, 2.05) is 70.2 Å². The Kier molecular flexibility index (Phi) is 5.46. The summed E-state index contributed by atoms with van der Waals surface area (Å²) in [5, 5.41) is 5.63. The molecular formula is C23H27N3O3. The second kappa shape index (κ2) is 7.70. The molecular weight excluding hydrogens is 366 g/mol. The first-order valence-electron chi connectivity index (χ1n) is 9.70. The molecule has 0 saturated carbocycles.